The standard InChI is InChI=1S/C18H18FN5O2/c1-22-15-11-12(19)3-4-14(15)24(17(26)16(22)25)13-5-9-23(10-6-13)18-20-7-2-8-21-18/h2-4,7-8,11,13H,5-6,9-10H2,1H3. The van der Waals surface area contributed by atoms with Crippen molar-refractivity contribution >= 4 is 17.0 Å². The molecular weight excluding hydrogens is 337 g/mol. The largest absolute Gasteiger partial charge is 0.341 e. The summed E-state index contributed by atoms with van der Waals surface area (Å²) in [6.07, 6.45) is 4.75. The van der Waals surface area contributed by atoms with Crippen LogP contribution in [0.25, 0.3) is 11.0 Å². The Labute approximate surface area is 148 Å². The van der Waals surface area contributed by atoms with Gasteiger partial charge in [-0.1, -0.05) is 0 Å². The fourth-order valence-electron chi connectivity index (χ4n) is 3.58. The Balaban J connectivity index is 1.72. The van der Waals surface area contributed by atoms with Crippen LogP contribution < -0.4 is 16.0 Å². The highest BCUT2D eigenvalue weighted by molar-refractivity contribution is 5.75. The topological polar surface area (TPSA) is 73.0 Å². The molecule has 0 amide bonds. The fraction of sp³-hybridized carbons (Fsp3) is 0.333. The van der Waals surface area contributed by atoms with Gasteiger partial charge in [0.1, 0.15) is 5.82 Å². The first-order chi connectivity index (χ1) is 12.6. The summed E-state index contributed by atoms with van der Waals surface area (Å²) in [5.74, 6) is 0.225. The van der Waals surface area contributed by atoms with E-state index in [4.69, 9.17) is 0 Å². The van der Waals surface area contributed by atoms with E-state index in [1.165, 1.54) is 28.3 Å². The van der Waals surface area contributed by atoms with Crippen molar-refractivity contribution in [2.45, 2.75) is 18.9 Å². The number of hydrogen-bond acceptors (Lipinski definition) is 5. The molecule has 1 aromatic carbocycles. The number of anilines is 1. The molecule has 0 atom stereocenters. The summed E-state index contributed by atoms with van der Waals surface area (Å²) < 4.78 is 16.4. The average molecular weight is 355 g/mol. The molecule has 1 aliphatic rings. The van der Waals surface area contributed by atoms with Crippen LogP contribution in [0.5, 0.6) is 0 Å². The zero-order chi connectivity index (χ0) is 18.3. The molecule has 0 spiro atoms. The number of nitrogens with zero attached hydrogens (tertiary/aromatic N) is 5. The molecule has 26 heavy (non-hydrogen) atoms. The summed E-state index contributed by atoms with van der Waals surface area (Å²) in [5.41, 5.74) is -0.214. The smallest absolute Gasteiger partial charge is 0.317 e. The number of piperidine rings is 1. The van der Waals surface area contributed by atoms with E-state index in [-0.39, 0.29) is 6.04 Å². The van der Waals surface area contributed by atoms with Crippen molar-refractivity contribution in [2.75, 3.05) is 18.0 Å². The summed E-state index contributed by atoms with van der Waals surface area (Å²) in [7, 11) is 1.49. The number of aromatic nitrogens is 4. The molecule has 3 aromatic rings. The monoisotopic (exact) mass is 355 g/mol. The van der Waals surface area contributed by atoms with Crippen LogP contribution in [0.4, 0.5) is 10.3 Å². The molecule has 7 nitrogen and oxygen atoms in total. The molecule has 4 rings (SSSR count). The molecule has 1 saturated heterocycles. The summed E-state index contributed by atoms with van der Waals surface area (Å²) >= 11 is 0. The minimum Gasteiger partial charge on any atom is -0.341 e. The van der Waals surface area contributed by atoms with Crippen molar-refractivity contribution in [3.63, 3.8) is 0 Å². The highest BCUT2D eigenvalue weighted by atomic mass is 19.1. The van der Waals surface area contributed by atoms with E-state index in [0.717, 1.165) is 0 Å². The van der Waals surface area contributed by atoms with Gasteiger partial charge in [-0.15, -0.1) is 0 Å². The molecule has 0 N–H and O–H groups in total. The maximum absolute atomic E-state index is 13.6. The van der Waals surface area contributed by atoms with Crippen molar-refractivity contribution in [3.8, 4) is 0 Å². The van der Waals surface area contributed by atoms with Crippen LogP contribution >= 0.6 is 0 Å². The molecule has 1 aliphatic heterocycles. The molecule has 0 unspecified atom stereocenters. The lowest BCUT2D eigenvalue weighted by Crippen LogP contribution is -2.45. The number of aryl methyl sites for hydroxylation is 1. The van der Waals surface area contributed by atoms with Crippen LogP contribution in [0.15, 0.2) is 46.2 Å². The van der Waals surface area contributed by atoms with Crippen LogP contribution in [0.1, 0.15) is 18.9 Å². The number of rotatable bonds is 2. The van der Waals surface area contributed by atoms with Gasteiger partial charge < -0.3 is 9.47 Å². The van der Waals surface area contributed by atoms with Gasteiger partial charge in [-0.2, -0.15) is 0 Å². The first-order valence-corrected chi connectivity index (χ1v) is 8.49. The van der Waals surface area contributed by atoms with Crippen molar-refractivity contribution in [3.05, 3.63) is 63.2 Å². The fourth-order valence-corrected chi connectivity index (χ4v) is 3.58. The van der Waals surface area contributed by atoms with Gasteiger partial charge in [0.25, 0.3) is 0 Å². The van der Waals surface area contributed by atoms with Crippen molar-refractivity contribution < 1.29 is 4.39 Å². The molecule has 8 heteroatoms. The zero-order valence-electron chi connectivity index (χ0n) is 14.3. The lowest BCUT2D eigenvalue weighted by Gasteiger charge is -2.33. The van der Waals surface area contributed by atoms with Crippen LogP contribution in [0, 0.1) is 5.82 Å². The van der Waals surface area contributed by atoms with E-state index < -0.39 is 16.9 Å². The zero-order valence-corrected chi connectivity index (χ0v) is 14.3. The van der Waals surface area contributed by atoms with Gasteiger partial charge in [0, 0.05) is 38.6 Å². The quantitative estimate of drug-likeness (QED) is 0.651. The average Bonchev–Trinajstić information content (AvgIpc) is 2.68. The Kier molecular flexibility index (Phi) is 4.02. The van der Waals surface area contributed by atoms with Gasteiger partial charge in [-0.3, -0.25) is 14.2 Å². The van der Waals surface area contributed by atoms with Gasteiger partial charge in [-0.25, -0.2) is 14.4 Å². The number of hydrogen-bond donors (Lipinski definition) is 0. The molecule has 2 aromatic heterocycles. The Bertz CT molecular complexity index is 1070. The van der Waals surface area contributed by atoms with E-state index in [0.29, 0.717) is 42.9 Å². The van der Waals surface area contributed by atoms with Gasteiger partial charge in [0.2, 0.25) is 5.95 Å². The van der Waals surface area contributed by atoms with E-state index in [9.17, 15) is 14.0 Å². The Morgan fingerprint density at radius 2 is 1.73 bits per heavy atom. The normalized spacial score (nSPS) is 15.5. The summed E-state index contributed by atoms with van der Waals surface area (Å²) in [4.78, 5) is 35.5. The number of fused-ring (bicyclic) bond motifs is 1. The lowest BCUT2D eigenvalue weighted by atomic mass is 10.0. The first-order valence-electron chi connectivity index (χ1n) is 8.49. The van der Waals surface area contributed by atoms with Crippen LogP contribution in [-0.2, 0) is 7.05 Å². The summed E-state index contributed by atoms with van der Waals surface area (Å²) in [6.45, 7) is 1.36. The van der Waals surface area contributed by atoms with E-state index in [2.05, 4.69) is 14.9 Å². The molecule has 3 heterocycles. The maximum atomic E-state index is 13.6. The Morgan fingerprint density at radius 3 is 2.42 bits per heavy atom. The third-order valence-electron chi connectivity index (χ3n) is 4.93. The van der Waals surface area contributed by atoms with Crippen molar-refractivity contribution in [1.82, 2.24) is 19.1 Å². The number of benzene rings is 1. The molecule has 0 bridgehead atoms. The molecule has 0 saturated carbocycles. The Morgan fingerprint density at radius 1 is 1.04 bits per heavy atom. The van der Waals surface area contributed by atoms with Gasteiger partial charge in [-0.05, 0) is 37.1 Å². The molecule has 134 valence electrons. The molecule has 0 aliphatic carbocycles. The highest BCUT2D eigenvalue weighted by Gasteiger charge is 2.25. The van der Waals surface area contributed by atoms with Crippen molar-refractivity contribution in [2.24, 2.45) is 7.05 Å². The van der Waals surface area contributed by atoms with Crippen LogP contribution in [0.3, 0.4) is 0 Å². The SMILES string of the molecule is Cn1c(=O)c(=O)n(C2CCN(c3ncccn3)CC2)c2ccc(F)cc21. The second-order valence-corrected chi connectivity index (χ2v) is 6.44. The maximum Gasteiger partial charge on any atom is 0.317 e. The molecule has 1 fully saturated rings. The van der Waals surface area contributed by atoms with E-state index >= 15 is 0 Å². The van der Waals surface area contributed by atoms with Crippen LogP contribution in [0.2, 0.25) is 0 Å². The first kappa shape index (κ1) is 16.4. The summed E-state index contributed by atoms with van der Waals surface area (Å²) in [5, 5.41) is 0. The molecular formula is C18H18FN5O2. The van der Waals surface area contributed by atoms with Gasteiger partial charge >= 0.3 is 11.1 Å². The van der Waals surface area contributed by atoms with Gasteiger partial charge in [0.05, 0.1) is 11.0 Å². The molecule has 0 radical (unpaired) electrons. The predicted octanol–water partition coefficient (Wildman–Crippen LogP) is 1.47. The van der Waals surface area contributed by atoms with E-state index in [1.807, 2.05) is 0 Å². The third kappa shape index (κ3) is 2.67. The second kappa shape index (κ2) is 6.36. The van der Waals surface area contributed by atoms with Crippen molar-refractivity contribution in [1.29, 1.82) is 0 Å². The minimum atomic E-state index is -0.642. The third-order valence-corrected chi connectivity index (χ3v) is 4.93. The number of halogens is 1. The summed E-state index contributed by atoms with van der Waals surface area (Å²) in [6, 6.07) is 5.82. The van der Waals surface area contributed by atoms with Gasteiger partial charge in [0.15, 0.2) is 0 Å². The predicted molar refractivity (Wildman–Crippen MR) is 95.9 cm³/mol. The van der Waals surface area contributed by atoms with Crippen LogP contribution in [-0.4, -0.2) is 32.2 Å². The van der Waals surface area contributed by atoms with E-state index in [1.54, 1.807) is 24.5 Å². The minimum absolute atomic E-state index is 0.121. The second-order valence-electron chi connectivity index (χ2n) is 6.44. The highest BCUT2D eigenvalue weighted by Crippen LogP contribution is 2.26. The Hall–Kier alpha value is -3.03. The lowest BCUT2D eigenvalue weighted by molar-refractivity contribution is 0.391.